The minimum Gasteiger partial charge on any atom is -0.452 e. The van der Waals surface area contributed by atoms with E-state index in [2.05, 4.69) is 4.98 Å². The van der Waals surface area contributed by atoms with E-state index in [9.17, 15) is 9.59 Å². The summed E-state index contributed by atoms with van der Waals surface area (Å²) in [5.74, 6) is -0.881. The van der Waals surface area contributed by atoms with E-state index in [1.54, 1.807) is 13.1 Å². The first-order valence-electron chi connectivity index (χ1n) is 7.31. The number of hydrogen-bond donors (Lipinski definition) is 0. The van der Waals surface area contributed by atoms with Gasteiger partial charge < -0.3 is 14.1 Å². The van der Waals surface area contributed by atoms with Crippen molar-refractivity contribution in [1.82, 2.24) is 9.88 Å². The highest BCUT2D eigenvalue weighted by Gasteiger charge is 2.21. The number of carbonyl (C=O) groups is 2. The smallest absolute Gasteiger partial charge is 0.317 e. The largest absolute Gasteiger partial charge is 0.452 e. The standard InChI is InChI=1S/C16H17N3O4S/c1-11(15(21)19(2)9-5-8-17)22-14(20)10-24-16-18-12-6-3-4-7-13(12)23-16/h3-4,6-7,11H,5,9-10H2,1-2H3/t11-/m0/s1. The molecule has 0 aliphatic carbocycles. The average molecular weight is 347 g/mol. The van der Waals surface area contributed by atoms with Crippen LogP contribution in [0.25, 0.3) is 11.1 Å². The Morgan fingerprint density at radius 1 is 1.46 bits per heavy atom. The van der Waals surface area contributed by atoms with Crippen molar-refractivity contribution >= 4 is 34.7 Å². The highest BCUT2D eigenvalue weighted by Crippen LogP contribution is 2.23. The Balaban J connectivity index is 1.82. The molecule has 0 unspecified atom stereocenters. The quantitative estimate of drug-likeness (QED) is 0.559. The van der Waals surface area contributed by atoms with Gasteiger partial charge in [0.2, 0.25) is 0 Å². The summed E-state index contributed by atoms with van der Waals surface area (Å²) in [4.78, 5) is 29.4. The van der Waals surface area contributed by atoms with Crippen LogP contribution in [-0.4, -0.2) is 47.2 Å². The number of thioether (sulfide) groups is 1. The second-order valence-corrected chi connectivity index (χ2v) is 5.96. The zero-order chi connectivity index (χ0) is 17.5. The van der Waals surface area contributed by atoms with Crippen molar-refractivity contribution in [1.29, 1.82) is 5.26 Å². The van der Waals surface area contributed by atoms with Crippen LogP contribution in [0, 0.1) is 11.3 Å². The lowest BCUT2D eigenvalue weighted by atomic mass is 10.3. The van der Waals surface area contributed by atoms with E-state index in [0.717, 1.165) is 17.3 Å². The number of hydrogen-bond acceptors (Lipinski definition) is 7. The molecule has 0 radical (unpaired) electrons. The van der Waals surface area contributed by atoms with Gasteiger partial charge in [-0.1, -0.05) is 23.9 Å². The number of likely N-dealkylation sites (N-methyl/N-ethyl adjacent to an activating group) is 1. The van der Waals surface area contributed by atoms with Gasteiger partial charge in [0.05, 0.1) is 12.5 Å². The first kappa shape index (κ1) is 17.8. The molecular weight excluding hydrogens is 330 g/mol. The van der Waals surface area contributed by atoms with Crippen LogP contribution in [0.4, 0.5) is 0 Å². The van der Waals surface area contributed by atoms with E-state index >= 15 is 0 Å². The van der Waals surface area contributed by atoms with Gasteiger partial charge in [-0.25, -0.2) is 4.98 Å². The van der Waals surface area contributed by atoms with E-state index in [4.69, 9.17) is 14.4 Å². The number of esters is 1. The molecule has 0 bridgehead atoms. The maximum absolute atomic E-state index is 12.0. The maximum atomic E-state index is 12.0. The molecule has 1 aromatic carbocycles. The second-order valence-electron chi connectivity index (χ2n) is 5.04. The predicted molar refractivity (Wildman–Crippen MR) is 88.2 cm³/mol. The van der Waals surface area contributed by atoms with Crippen LogP contribution in [0.1, 0.15) is 13.3 Å². The number of aromatic nitrogens is 1. The van der Waals surface area contributed by atoms with Gasteiger partial charge >= 0.3 is 5.97 Å². The zero-order valence-corrected chi connectivity index (χ0v) is 14.2. The molecule has 1 amide bonds. The van der Waals surface area contributed by atoms with Gasteiger partial charge in [0.15, 0.2) is 11.7 Å². The molecule has 0 aliphatic heterocycles. The summed E-state index contributed by atoms with van der Waals surface area (Å²) in [6.07, 6.45) is -0.665. The van der Waals surface area contributed by atoms with E-state index in [1.807, 2.05) is 24.3 Å². The Kier molecular flexibility index (Phi) is 6.21. The Morgan fingerprint density at radius 2 is 2.21 bits per heavy atom. The number of para-hydroxylation sites is 2. The molecule has 0 spiro atoms. The average Bonchev–Trinajstić information content (AvgIpc) is 3.00. The molecule has 8 heteroatoms. The first-order valence-corrected chi connectivity index (χ1v) is 8.29. The molecule has 0 fully saturated rings. The van der Waals surface area contributed by atoms with Crippen molar-refractivity contribution in [3.63, 3.8) is 0 Å². The van der Waals surface area contributed by atoms with E-state index in [0.29, 0.717) is 17.4 Å². The molecule has 24 heavy (non-hydrogen) atoms. The van der Waals surface area contributed by atoms with Crippen LogP contribution < -0.4 is 0 Å². The third-order valence-corrected chi connectivity index (χ3v) is 3.98. The molecule has 2 aromatic rings. The van der Waals surface area contributed by atoms with Crippen LogP contribution in [0.5, 0.6) is 0 Å². The molecule has 2 rings (SSSR count). The molecule has 0 saturated heterocycles. The van der Waals surface area contributed by atoms with Crippen molar-refractivity contribution in [3.05, 3.63) is 24.3 Å². The molecule has 1 heterocycles. The van der Waals surface area contributed by atoms with Crippen LogP contribution in [-0.2, 0) is 14.3 Å². The minimum absolute atomic E-state index is 0.00759. The summed E-state index contributed by atoms with van der Waals surface area (Å²) in [5, 5.41) is 8.89. The van der Waals surface area contributed by atoms with Crippen molar-refractivity contribution in [2.45, 2.75) is 24.7 Å². The monoisotopic (exact) mass is 347 g/mol. The van der Waals surface area contributed by atoms with Crippen molar-refractivity contribution in [2.24, 2.45) is 0 Å². The van der Waals surface area contributed by atoms with Gasteiger partial charge in [-0.3, -0.25) is 9.59 Å². The number of nitrogens with zero attached hydrogens (tertiary/aromatic N) is 3. The number of nitriles is 1. The van der Waals surface area contributed by atoms with Gasteiger partial charge in [-0.05, 0) is 19.1 Å². The van der Waals surface area contributed by atoms with Crippen LogP contribution in [0.15, 0.2) is 33.9 Å². The van der Waals surface area contributed by atoms with Crippen LogP contribution in [0.3, 0.4) is 0 Å². The molecule has 1 aromatic heterocycles. The molecule has 126 valence electrons. The number of carbonyl (C=O) groups excluding carboxylic acids is 2. The number of rotatable bonds is 7. The van der Waals surface area contributed by atoms with Gasteiger partial charge in [-0.15, -0.1) is 0 Å². The lowest BCUT2D eigenvalue weighted by molar-refractivity contribution is -0.156. The van der Waals surface area contributed by atoms with Gasteiger partial charge in [-0.2, -0.15) is 5.26 Å². The third kappa shape index (κ3) is 4.73. The number of oxazole rings is 1. The van der Waals surface area contributed by atoms with Gasteiger partial charge in [0.1, 0.15) is 11.3 Å². The topological polar surface area (TPSA) is 96.4 Å². The fraction of sp³-hybridized carbons (Fsp3) is 0.375. The summed E-state index contributed by atoms with van der Waals surface area (Å²) in [6.45, 7) is 1.81. The summed E-state index contributed by atoms with van der Waals surface area (Å²) >= 11 is 1.11. The Morgan fingerprint density at radius 3 is 2.92 bits per heavy atom. The van der Waals surface area contributed by atoms with Gasteiger partial charge in [0.25, 0.3) is 11.1 Å². The highest BCUT2D eigenvalue weighted by atomic mass is 32.2. The van der Waals surface area contributed by atoms with Crippen molar-refractivity contribution < 1.29 is 18.7 Å². The number of benzene rings is 1. The number of amides is 1. The highest BCUT2D eigenvalue weighted by molar-refractivity contribution is 7.99. The lowest BCUT2D eigenvalue weighted by Crippen LogP contribution is -2.38. The predicted octanol–water partition coefficient (Wildman–Crippen LogP) is 2.22. The molecular formula is C16H17N3O4S. The van der Waals surface area contributed by atoms with Gasteiger partial charge in [0, 0.05) is 13.6 Å². The lowest BCUT2D eigenvalue weighted by Gasteiger charge is -2.20. The van der Waals surface area contributed by atoms with Crippen molar-refractivity contribution in [3.8, 4) is 6.07 Å². The minimum atomic E-state index is -0.898. The second kappa shape index (κ2) is 8.36. The normalized spacial score (nSPS) is 11.7. The Hall–Kier alpha value is -2.53. The van der Waals surface area contributed by atoms with E-state index < -0.39 is 12.1 Å². The van der Waals surface area contributed by atoms with Crippen LogP contribution >= 0.6 is 11.8 Å². The van der Waals surface area contributed by atoms with Crippen molar-refractivity contribution in [2.75, 3.05) is 19.3 Å². The molecule has 0 saturated carbocycles. The first-order chi connectivity index (χ1) is 11.5. The number of fused-ring (bicyclic) bond motifs is 1. The zero-order valence-electron chi connectivity index (χ0n) is 13.4. The third-order valence-electron chi connectivity index (χ3n) is 3.18. The fourth-order valence-corrected chi connectivity index (χ4v) is 2.57. The maximum Gasteiger partial charge on any atom is 0.317 e. The fourth-order valence-electron chi connectivity index (χ4n) is 1.95. The SMILES string of the molecule is C[C@H](OC(=O)CSc1nc2ccccc2o1)C(=O)N(C)CCC#N. The molecule has 1 atom stereocenters. The Labute approximate surface area is 143 Å². The Bertz CT molecular complexity index is 735. The molecule has 7 nitrogen and oxygen atoms in total. The van der Waals surface area contributed by atoms with Crippen LogP contribution in [0.2, 0.25) is 0 Å². The van der Waals surface area contributed by atoms with E-state index in [1.165, 1.54) is 11.8 Å². The molecule has 0 aliphatic rings. The summed E-state index contributed by atoms with van der Waals surface area (Å²) in [6, 6.07) is 9.26. The number of ether oxygens (including phenoxy) is 1. The summed E-state index contributed by atoms with van der Waals surface area (Å²) in [7, 11) is 1.57. The summed E-state index contributed by atoms with van der Waals surface area (Å²) in [5.41, 5.74) is 1.37. The molecule has 0 N–H and O–H groups in total. The summed E-state index contributed by atoms with van der Waals surface area (Å²) < 4.78 is 10.6. The van der Waals surface area contributed by atoms with E-state index in [-0.39, 0.29) is 18.1 Å².